The molecular weight excluding hydrogens is 313 g/mol. The molecule has 4 nitrogen and oxygen atoms in total. The van der Waals surface area contributed by atoms with Crippen molar-refractivity contribution in [3.8, 4) is 5.13 Å². The number of hydrogen-bond acceptors (Lipinski definition) is 3. The van der Waals surface area contributed by atoms with Crippen molar-refractivity contribution in [2.45, 2.75) is 20.8 Å². The van der Waals surface area contributed by atoms with Gasteiger partial charge in [0.15, 0.2) is 5.13 Å². The van der Waals surface area contributed by atoms with Crippen LogP contribution in [0.1, 0.15) is 27.3 Å². The summed E-state index contributed by atoms with van der Waals surface area (Å²) in [5.74, 6) is -0.631. The quantitative estimate of drug-likeness (QED) is 0.781. The molecule has 118 valence electrons. The lowest BCUT2D eigenvalue weighted by atomic mass is 10.1. The number of thiazole rings is 1. The summed E-state index contributed by atoms with van der Waals surface area (Å²) in [4.78, 5) is 16.9. The molecule has 0 saturated carbocycles. The molecule has 1 amide bonds. The third kappa shape index (κ3) is 2.90. The van der Waals surface area contributed by atoms with Crippen LogP contribution in [-0.4, -0.2) is 15.5 Å². The van der Waals surface area contributed by atoms with Crippen LogP contribution in [0.3, 0.4) is 0 Å². The van der Waals surface area contributed by atoms with Crippen molar-refractivity contribution in [1.82, 2.24) is 9.55 Å². The van der Waals surface area contributed by atoms with Crippen LogP contribution in [0.2, 0.25) is 0 Å². The molecule has 1 aromatic carbocycles. The Morgan fingerprint density at radius 2 is 2.04 bits per heavy atom. The van der Waals surface area contributed by atoms with E-state index < -0.39 is 0 Å². The van der Waals surface area contributed by atoms with Gasteiger partial charge in [-0.1, -0.05) is 6.07 Å². The van der Waals surface area contributed by atoms with Gasteiger partial charge in [0.2, 0.25) is 0 Å². The zero-order valence-electron chi connectivity index (χ0n) is 13.1. The molecular formula is C17H16FN3OS. The second-order valence-electron chi connectivity index (χ2n) is 5.35. The Labute approximate surface area is 137 Å². The molecule has 0 radical (unpaired) electrons. The van der Waals surface area contributed by atoms with Gasteiger partial charge in [0.05, 0.1) is 5.56 Å². The highest BCUT2D eigenvalue weighted by molar-refractivity contribution is 7.12. The summed E-state index contributed by atoms with van der Waals surface area (Å²) >= 11 is 1.51. The number of amides is 1. The van der Waals surface area contributed by atoms with Crippen LogP contribution in [0.15, 0.2) is 35.8 Å². The molecule has 23 heavy (non-hydrogen) atoms. The van der Waals surface area contributed by atoms with E-state index in [4.69, 9.17) is 0 Å². The Bertz CT molecular complexity index is 868. The molecule has 1 N–H and O–H groups in total. The number of nitrogens with zero attached hydrogens (tertiary/aromatic N) is 2. The SMILES string of the molecule is Cc1ccc(F)cc1NC(=O)c1cc(C)n(-c2nccs2)c1C. The Kier molecular flexibility index (Phi) is 4.00. The van der Waals surface area contributed by atoms with Crippen molar-refractivity contribution in [2.75, 3.05) is 5.32 Å². The normalized spacial score (nSPS) is 10.8. The zero-order chi connectivity index (χ0) is 16.6. The fourth-order valence-electron chi connectivity index (χ4n) is 2.53. The van der Waals surface area contributed by atoms with Gasteiger partial charge in [-0.05, 0) is 44.5 Å². The van der Waals surface area contributed by atoms with E-state index in [2.05, 4.69) is 10.3 Å². The van der Waals surface area contributed by atoms with E-state index in [-0.39, 0.29) is 11.7 Å². The third-order valence-electron chi connectivity index (χ3n) is 3.73. The summed E-state index contributed by atoms with van der Waals surface area (Å²) in [7, 11) is 0. The van der Waals surface area contributed by atoms with Crippen molar-refractivity contribution in [3.63, 3.8) is 0 Å². The summed E-state index contributed by atoms with van der Waals surface area (Å²) in [5, 5.41) is 5.50. The first-order chi connectivity index (χ1) is 11.0. The Morgan fingerprint density at radius 3 is 2.74 bits per heavy atom. The molecule has 0 spiro atoms. The maximum atomic E-state index is 13.4. The molecule has 3 rings (SSSR count). The van der Waals surface area contributed by atoms with Gasteiger partial charge in [-0.2, -0.15) is 0 Å². The lowest BCUT2D eigenvalue weighted by molar-refractivity contribution is 0.102. The van der Waals surface area contributed by atoms with E-state index in [1.54, 1.807) is 12.3 Å². The fraction of sp³-hybridized carbons (Fsp3) is 0.176. The van der Waals surface area contributed by atoms with E-state index in [1.807, 2.05) is 36.8 Å². The molecule has 0 aliphatic carbocycles. The molecule has 0 atom stereocenters. The number of carbonyl (C=O) groups is 1. The molecule has 2 aromatic heterocycles. The molecule has 0 bridgehead atoms. The van der Waals surface area contributed by atoms with Crippen molar-refractivity contribution in [3.05, 3.63) is 64.2 Å². The average molecular weight is 329 g/mol. The molecule has 0 unspecified atom stereocenters. The summed E-state index contributed by atoms with van der Waals surface area (Å²) in [6.45, 7) is 5.63. The monoisotopic (exact) mass is 329 g/mol. The lowest BCUT2D eigenvalue weighted by Crippen LogP contribution is -2.14. The van der Waals surface area contributed by atoms with Gasteiger partial charge in [0, 0.05) is 28.7 Å². The first-order valence-electron chi connectivity index (χ1n) is 7.13. The standard InChI is InChI=1S/C17H16FN3OS/c1-10-4-5-13(18)9-15(10)20-16(22)14-8-11(2)21(12(14)3)17-19-6-7-23-17/h4-9H,1-3H3,(H,20,22). The molecule has 0 aliphatic rings. The summed E-state index contributed by atoms with van der Waals surface area (Å²) in [6.07, 6.45) is 1.73. The molecule has 0 aliphatic heterocycles. The number of benzene rings is 1. The number of nitrogens with one attached hydrogen (secondary N) is 1. The van der Waals surface area contributed by atoms with E-state index in [1.165, 1.54) is 23.5 Å². The summed E-state index contributed by atoms with van der Waals surface area (Å²) in [6, 6.07) is 6.16. The van der Waals surface area contributed by atoms with Gasteiger partial charge in [-0.25, -0.2) is 9.37 Å². The molecule has 0 saturated heterocycles. The number of aromatic nitrogens is 2. The van der Waals surface area contributed by atoms with Gasteiger partial charge in [-0.3, -0.25) is 9.36 Å². The predicted octanol–water partition coefficient (Wildman–Crippen LogP) is 4.25. The van der Waals surface area contributed by atoms with Gasteiger partial charge in [0.1, 0.15) is 5.82 Å². The predicted molar refractivity (Wildman–Crippen MR) is 90.0 cm³/mol. The highest BCUT2D eigenvalue weighted by atomic mass is 32.1. The van der Waals surface area contributed by atoms with Crippen LogP contribution in [0.4, 0.5) is 10.1 Å². The van der Waals surface area contributed by atoms with Crippen LogP contribution < -0.4 is 5.32 Å². The number of rotatable bonds is 3. The van der Waals surface area contributed by atoms with Gasteiger partial charge in [-0.15, -0.1) is 11.3 Å². The van der Waals surface area contributed by atoms with Crippen molar-refractivity contribution in [1.29, 1.82) is 0 Å². The lowest BCUT2D eigenvalue weighted by Gasteiger charge is -2.09. The second kappa shape index (κ2) is 5.96. The van der Waals surface area contributed by atoms with Crippen LogP contribution in [0.25, 0.3) is 5.13 Å². The minimum atomic E-state index is -0.376. The summed E-state index contributed by atoms with van der Waals surface area (Å²) < 4.78 is 15.3. The minimum Gasteiger partial charge on any atom is -0.322 e. The van der Waals surface area contributed by atoms with E-state index in [0.717, 1.165) is 22.1 Å². The smallest absolute Gasteiger partial charge is 0.257 e. The van der Waals surface area contributed by atoms with Crippen molar-refractivity contribution >= 4 is 22.9 Å². The zero-order valence-corrected chi connectivity index (χ0v) is 13.9. The number of halogens is 1. The average Bonchev–Trinajstić information content (AvgIpc) is 3.11. The van der Waals surface area contributed by atoms with Gasteiger partial charge < -0.3 is 5.32 Å². The van der Waals surface area contributed by atoms with Crippen LogP contribution in [0, 0.1) is 26.6 Å². The largest absolute Gasteiger partial charge is 0.322 e. The fourth-order valence-corrected chi connectivity index (χ4v) is 3.28. The molecule has 0 fully saturated rings. The van der Waals surface area contributed by atoms with Crippen molar-refractivity contribution < 1.29 is 9.18 Å². The van der Waals surface area contributed by atoms with E-state index >= 15 is 0 Å². The number of aryl methyl sites for hydroxylation is 2. The first-order valence-corrected chi connectivity index (χ1v) is 8.01. The summed E-state index contributed by atoms with van der Waals surface area (Å²) in [5.41, 5.74) is 3.59. The molecule has 3 aromatic rings. The maximum absolute atomic E-state index is 13.4. The Morgan fingerprint density at radius 1 is 1.26 bits per heavy atom. The highest BCUT2D eigenvalue weighted by Gasteiger charge is 2.18. The minimum absolute atomic E-state index is 0.255. The number of carbonyl (C=O) groups excluding carboxylic acids is 1. The van der Waals surface area contributed by atoms with E-state index in [0.29, 0.717) is 11.3 Å². The van der Waals surface area contributed by atoms with Gasteiger partial charge in [0.25, 0.3) is 5.91 Å². The van der Waals surface area contributed by atoms with Crippen LogP contribution >= 0.6 is 11.3 Å². The van der Waals surface area contributed by atoms with Crippen LogP contribution in [0.5, 0.6) is 0 Å². The highest BCUT2D eigenvalue weighted by Crippen LogP contribution is 2.24. The second-order valence-corrected chi connectivity index (χ2v) is 6.22. The number of hydrogen-bond donors (Lipinski definition) is 1. The topological polar surface area (TPSA) is 46.9 Å². The van der Waals surface area contributed by atoms with Crippen molar-refractivity contribution in [2.24, 2.45) is 0 Å². The first kappa shape index (κ1) is 15.4. The molecule has 6 heteroatoms. The third-order valence-corrected chi connectivity index (χ3v) is 4.49. The maximum Gasteiger partial charge on any atom is 0.257 e. The molecule has 2 heterocycles. The Hall–Kier alpha value is -2.47. The Balaban J connectivity index is 1.95. The number of anilines is 1. The van der Waals surface area contributed by atoms with E-state index in [9.17, 15) is 9.18 Å². The van der Waals surface area contributed by atoms with Crippen LogP contribution in [-0.2, 0) is 0 Å². The van der Waals surface area contributed by atoms with Gasteiger partial charge >= 0.3 is 0 Å².